The van der Waals surface area contributed by atoms with Crippen molar-refractivity contribution in [1.29, 1.82) is 0 Å². The van der Waals surface area contributed by atoms with Crippen LogP contribution in [0.4, 0.5) is 5.82 Å². The number of para-hydroxylation sites is 1. The van der Waals surface area contributed by atoms with Crippen molar-refractivity contribution in [2.24, 2.45) is 5.73 Å². The number of primary amides is 1. The van der Waals surface area contributed by atoms with Gasteiger partial charge in [-0.2, -0.15) is 0 Å². The normalized spacial score (nSPS) is 12.1. The zero-order valence-corrected chi connectivity index (χ0v) is 10.1. The molecule has 1 atom stereocenters. The number of rotatable bonds is 4. The fourth-order valence-electron chi connectivity index (χ4n) is 1.56. The lowest BCUT2D eigenvalue weighted by molar-refractivity contribution is -0.118. The molecule has 0 bridgehead atoms. The van der Waals surface area contributed by atoms with Gasteiger partial charge in [-0.05, 0) is 19.1 Å². The molecule has 1 heterocycles. The van der Waals surface area contributed by atoms with E-state index in [0.717, 1.165) is 0 Å². The number of fused-ring (bicyclic) bond motifs is 1. The lowest BCUT2D eigenvalue weighted by atomic mass is 10.2. The minimum atomic E-state index is -1.24. The number of aromatic carboxylic acids is 1. The number of carboxylic acids is 1. The number of carboxylic acid groups (broad SMARTS) is 1. The highest BCUT2D eigenvalue weighted by atomic mass is 16.4. The number of benzene rings is 1. The van der Waals surface area contributed by atoms with Crippen molar-refractivity contribution in [2.75, 3.05) is 5.32 Å². The van der Waals surface area contributed by atoms with E-state index in [9.17, 15) is 9.59 Å². The molecular formula is C12H12N4O3. The Hall–Kier alpha value is -2.70. The number of aromatic nitrogens is 2. The number of hydrogen-bond donors (Lipinski definition) is 3. The van der Waals surface area contributed by atoms with E-state index < -0.39 is 17.9 Å². The highest BCUT2D eigenvalue weighted by molar-refractivity contribution is 5.95. The van der Waals surface area contributed by atoms with Crippen LogP contribution in [-0.2, 0) is 4.79 Å². The fourth-order valence-corrected chi connectivity index (χ4v) is 1.56. The van der Waals surface area contributed by atoms with Gasteiger partial charge in [0.05, 0.1) is 5.52 Å². The quantitative estimate of drug-likeness (QED) is 0.741. The van der Waals surface area contributed by atoms with Gasteiger partial charge in [-0.15, -0.1) is 0 Å². The zero-order chi connectivity index (χ0) is 14.0. The molecule has 98 valence electrons. The van der Waals surface area contributed by atoms with Crippen LogP contribution in [0.1, 0.15) is 17.5 Å². The largest absolute Gasteiger partial charge is 0.475 e. The Morgan fingerprint density at radius 3 is 2.63 bits per heavy atom. The maximum atomic E-state index is 11.1. The summed E-state index contributed by atoms with van der Waals surface area (Å²) in [5.41, 5.74) is 5.65. The summed E-state index contributed by atoms with van der Waals surface area (Å²) in [6, 6.07) is 6.25. The van der Waals surface area contributed by atoms with Gasteiger partial charge in [-0.1, -0.05) is 12.1 Å². The monoisotopic (exact) mass is 260 g/mol. The number of amides is 1. The van der Waals surface area contributed by atoms with E-state index >= 15 is 0 Å². The summed E-state index contributed by atoms with van der Waals surface area (Å²) in [6.45, 7) is 1.57. The molecule has 1 amide bonds. The molecule has 19 heavy (non-hydrogen) atoms. The third-order valence-corrected chi connectivity index (χ3v) is 2.57. The lowest BCUT2D eigenvalue weighted by Gasteiger charge is -2.13. The van der Waals surface area contributed by atoms with E-state index in [1.165, 1.54) is 0 Å². The first-order valence-corrected chi connectivity index (χ1v) is 5.55. The van der Waals surface area contributed by atoms with Crippen LogP contribution in [0.2, 0.25) is 0 Å². The van der Waals surface area contributed by atoms with E-state index in [4.69, 9.17) is 10.8 Å². The Morgan fingerprint density at radius 2 is 2.00 bits per heavy atom. The molecule has 0 aliphatic heterocycles. The first-order valence-electron chi connectivity index (χ1n) is 5.55. The maximum absolute atomic E-state index is 11.1. The standard InChI is InChI=1S/C12H12N4O3/c1-6(9(13)17)14-10-7-4-2-3-5-8(7)15-11(16-10)12(18)19/h2-6H,1H3,(H2,13,17)(H,18,19)(H,14,15,16). The average Bonchev–Trinajstić information content (AvgIpc) is 2.38. The molecular weight excluding hydrogens is 248 g/mol. The van der Waals surface area contributed by atoms with Gasteiger partial charge in [-0.25, -0.2) is 14.8 Å². The van der Waals surface area contributed by atoms with Gasteiger partial charge in [0.2, 0.25) is 11.7 Å². The highest BCUT2D eigenvalue weighted by Gasteiger charge is 2.15. The second kappa shape index (κ2) is 4.89. The van der Waals surface area contributed by atoms with E-state index in [2.05, 4.69) is 15.3 Å². The first-order chi connectivity index (χ1) is 8.99. The summed E-state index contributed by atoms with van der Waals surface area (Å²) >= 11 is 0. The molecule has 0 radical (unpaired) electrons. The molecule has 7 nitrogen and oxygen atoms in total. The molecule has 0 fully saturated rings. The van der Waals surface area contributed by atoms with Gasteiger partial charge in [0, 0.05) is 5.39 Å². The van der Waals surface area contributed by atoms with E-state index in [1.54, 1.807) is 31.2 Å². The number of carbonyl (C=O) groups is 2. The molecule has 0 spiro atoms. The Kier molecular flexibility index (Phi) is 3.28. The molecule has 7 heteroatoms. The van der Waals surface area contributed by atoms with Crippen molar-refractivity contribution in [1.82, 2.24) is 9.97 Å². The predicted molar refractivity (Wildman–Crippen MR) is 68.8 cm³/mol. The van der Waals surface area contributed by atoms with Crippen LogP contribution in [0, 0.1) is 0 Å². The lowest BCUT2D eigenvalue weighted by Crippen LogP contribution is -2.33. The van der Waals surface area contributed by atoms with Crippen molar-refractivity contribution in [3.63, 3.8) is 0 Å². The van der Waals surface area contributed by atoms with Crippen LogP contribution in [0.15, 0.2) is 24.3 Å². The summed E-state index contributed by atoms with van der Waals surface area (Å²) in [6.07, 6.45) is 0. The summed E-state index contributed by atoms with van der Waals surface area (Å²) in [5, 5.41) is 12.4. The smallest absolute Gasteiger partial charge is 0.374 e. The van der Waals surface area contributed by atoms with Crippen molar-refractivity contribution < 1.29 is 14.7 Å². The highest BCUT2D eigenvalue weighted by Crippen LogP contribution is 2.20. The number of nitrogens with one attached hydrogen (secondary N) is 1. The number of hydrogen-bond acceptors (Lipinski definition) is 5. The molecule has 0 saturated carbocycles. The second-order valence-electron chi connectivity index (χ2n) is 3.99. The van der Waals surface area contributed by atoms with Crippen LogP contribution in [0.25, 0.3) is 10.9 Å². The average molecular weight is 260 g/mol. The van der Waals surface area contributed by atoms with Crippen LogP contribution in [-0.4, -0.2) is 33.0 Å². The molecule has 1 aromatic heterocycles. The van der Waals surface area contributed by atoms with Crippen molar-refractivity contribution >= 4 is 28.6 Å². The van der Waals surface area contributed by atoms with Crippen LogP contribution in [0.5, 0.6) is 0 Å². The Bertz CT molecular complexity index is 656. The van der Waals surface area contributed by atoms with Crippen molar-refractivity contribution in [3.8, 4) is 0 Å². The fraction of sp³-hybridized carbons (Fsp3) is 0.167. The summed E-state index contributed by atoms with van der Waals surface area (Å²) in [5.74, 6) is -1.85. The third kappa shape index (κ3) is 2.59. The van der Waals surface area contributed by atoms with Gasteiger partial charge in [-0.3, -0.25) is 4.79 Å². The van der Waals surface area contributed by atoms with E-state index in [1.807, 2.05) is 0 Å². The molecule has 2 aromatic rings. The molecule has 0 aliphatic rings. The minimum Gasteiger partial charge on any atom is -0.475 e. The first kappa shape index (κ1) is 12.7. The predicted octanol–water partition coefficient (Wildman–Crippen LogP) is 0.614. The van der Waals surface area contributed by atoms with E-state index in [0.29, 0.717) is 10.9 Å². The minimum absolute atomic E-state index is 0.273. The number of nitrogens with zero attached hydrogens (tertiary/aromatic N) is 2. The van der Waals surface area contributed by atoms with Crippen molar-refractivity contribution in [3.05, 3.63) is 30.1 Å². The van der Waals surface area contributed by atoms with E-state index in [-0.39, 0.29) is 11.6 Å². The van der Waals surface area contributed by atoms with Gasteiger partial charge in [0.1, 0.15) is 11.9 Å². The van der Waals surface area contributed by atoms with Crippen molar-refractivity contribution in [2.45, 2.75) is 13.0 Å². The topological polar surface area (TPSA) is 118 Å². The summed E-state index contributed by atoms with van der Waals surface area (Å²) in [4.78, 5) is 29.8. The summed E-state index contributed by atoms with van der Waals surface area (Å²) < 4.78 is 0. The van der Waals surface area contributed by atoms with Crippen LogP contribution >= 0.6 is 0 Å². The van der Waals surface area contributed by atoms with Crippen LogP contribution < -0.4 is 11.1 Å². The Morgan fingerprint density at radius 1 is 1.32 bits per heavy atom. The number of nitrogens with two attached hydrogens (primary N) is 1. The van der Waals surface area contributed by atoms with Gasteiger partial charge in [0.25, 0.3) is 0 Å². The molecule has 0 saturated heterocycles. The zero-order valence-electron chi connectivity index (χ0n) is 10.1. The maximum Gasteiger partial charge on any atom is 0.374 e. The molecule has 1 aromatic carbocycles. The van der Waals surface area contributed by atoms with Gasteiger partial charge >= 0.3 is 5.97 Å². The van der Waals surface area contributed by atoms with Gasteiger partial charge in [0.15, 0.2) is 0 Å². The molecule has 0 aliphatic carbocycles. The molecule has 1 unspecified atom stereocenters. The number of carbonyl (C=O) groups excluding carboxylic acids is 1. The second-order valence-corrected chi connectivity index (χ2v) is 3.99. The van der Waals surface area contributed by atoms with Crippen LogP contribution in [0.3, 0.4) is 0 Å². The Balaban J connectivity index is 2.56. The third-order valence-electron chi connectivity index (χ3n) is 2.57. The summed E-state index contributed by atoms with van der Waals surface area (Å²) in [7, 11) is 0. The number of anilines is 1. The van der Waals surface area contributed by atoms with Gasteiger partial charge < -0.3 is 16.2 Å². The molecule has 4 N–H and O–H groups in total. The molecule has 2 rings (SSSR count). The SMILES string of the molecule is CC(Nc1nc(C(=O)O)nc2ccccc12)C(N)=O. The Labute approximate surface area is 108 Å².